The predicted molar refractivity (Wildman–Crippen MR) is 101 cm³/mol. The Balaban J connectivity index is 0.00000141. The first-order chi connectivity index (χ1) is 12.4. The Bertz CT molecular complexity index is 393. The van der Waals surface area contributed by atoms with Crippen molar-refractivity contribution in [2.24, 2.45) is 11.8 Å². The zero-order valence-corrected chi connectivity index (χ0v) is 16.7. The third kappa shape index (κ3) is 14.8. The molecule has 0 unspecified atom stereocenters. The Kier molecular flexibility index (Phi) is 14.9. The minimum atomic E-state index is -0.0439. The van der Waals surface area contributed by atoms with Crippen molar-refractivity contribution in [3.05, 3.63) is 0 Å². The van der Waals surface area contributed by atoms with Gasteiger partial charge >= 0.3 is 0 Å². The van der Waals surface area contributed by atoms with E-state index in [1.807, 2.05) is 0 Å². The number of carbonyl (C=O) groups is 3. The second-order valence-corrected chi connectivity index (χ2v) is 7.04. The highest BCUT2D eigenvalue weighted by Gasteiger charge is 2.29. The minimum absolute atomic E-state index is 0.0109. The van der Waals surface area contributed by atoms with Crippen molar-refractivity contribution in [2.75, 3.05) is 33.0 Å². The van der Waals surface area contributed by atoms with E-state index in [2.05, 4.69) is 31.4 Å². The fourth-order valence-electron chi connectivity index (χ4n) is 2.07. The van der Waals surface area contributed by atoms with Gasteiger partial charge in [0, 0.05) is 31.3 Å². The quantitative estimate of drug-likeness (QED) is 0.402. The van der Waals surface area contributed by atoms with Crippen molar-refractivity contribution in [1.82, 2.24) is 10.6 Å². The molecule has 0 aromatic carbocycles. The summed E-state index contributed by atoms with van der Waals surface area (Å²) in [6.07, 6.45) is 3.23. The molecule has 0 bridgehead atoms. The van der Waals surface area contributed by atoms with E-state index in [1.165, 1.54) is 0 Å². The summed E-state index contributed by atoms with van der Waals surface area (Å²) in [4.78, 5) is 32.9. The number of carbonyl (C=O) groups excluding carboxylic acids is 3. The molecule has 0 aromatic rings. The number of ether oxygens (including phenoxy) is 2. The first-order valence-electron chi connectivity index (χ1n) is 9.55. The lowest BCUT2D eigenvalue weighted by Gasteiger charge is -2.32. The van der Waals surface area contributed by atoms with E-state index in [0.29, 0.717) is 45.8 Å². The minimum Gasteiger partial charge on any atom is -0.379 e. The fraction of sp³-hybridized carbons (Fsp3) is 0.842. The van der Waals surface area contributed by atoms with Crippen LogP contribution < -0.4 is 10.6 Å². The first-order valence-corrected chi connectivity index (χ1v) is 9.55. The van der Waals surface area contributed by atoms with Crippen LogP contribution in [0.25, 0.3) is 0 Å². The van der Waals surface area contributed by atoms with Crippen LogP contribution in [0.3, 0.4) is 0 Å². The van der Waals surface area contributed by atoms with E-state index in [9.17, 15) is 14.4 Å². The summed E-state index contributed by atoms with van der Waals surface area (Å²) in [7, 11) is 0. The molecule has 1 aliphatic carbocycles. The molecule has 26 heavy (non-hydrogen) atoms. The maximum absolute atomic E-state index is 11.6. The summed E-state index contributed by atoms with van der Waals surface area (Å²) in [5.41, 5.74) is 0. The molecule has 0 atom stereocenters. The average Bonchev–Trinajstić information content (AvgIpc) is 2.55. The van der Waals surface area contributed by atoms with Gasteiger partial charge in [-0.25, -0.2) is 0 Å². The average molecular weight is 373 g/mol. The standard InChI is InChI=1S/C15H26N2O5.C4H10/c1-2-14(19)16-4-6-22-8-7-21-5-3-15(20)17-13-9-12(10-13)11-18;1-4(2)3/h11-13H,2-10H2,1H3,(H,16,19)(H,17,20);4H,1-3H3. The zero-order chi connectivity index (χ0) is 19.8. The number of hydrogen-bond donors (Lipinski definition) is 2. The smallest absolute Gasteiger partial charge is 0.222 e. The Morgan fingerprint density at radius 1 is 1.04 bits per heavy atom. The van der Waals surface area contributed by atoms with E-state index in [4.69, 9.17) is 9.47 Å². The van der Waals surface area contributed by atoms with Gasteiger partial charge in [-0.3, -0.25) is 9.59 Å². The number of aldehydes is 1. The predicted octanol–water partition coefficient (Wildman–Crippen LogP) is 1.69. The summed E-state index contributed by atoms with van der Waals surface area (Å²) in [5.74, 6) is 0.912. The lowest BCUT2D eigenvalue weighted by Crippen LogP contribution is -2.44. The summed E-state index contributed by atoms with van der Waals surface area (Å²) < 4.78 is 10.6. The van der Waals surface area contributed by atoms with Crippen LogP contribution in [0.5, 0.6) is 0 Å². The van der Waals surface area contributed by atoms with Crippen molar-refractivity contribution in [2.45, 2.75) is 59.4 Å². The van der Waals surface area contributed by atoms with Gasteiger partial charge in [0.25, 0.3) is 0 Å². The van der Waals surface area contributed by atoms with Crippen LogP contribution in [-0.2, 0) is 23.9 Å². The van der Waals surface area contributed by atoms with Crippen molar-refractivity contribution in [3.8, 4) is 0 Å². The molecule has 152 valence electrons. The van der Waals surface area contributed by atoms with Gasteiger partial charge in [-0.05, 0) is 18.8 Å². The molecule has 0 radical (unpaired) electrons. The largest absolute Gasteiger partial charge is 0.379 e. The van der Waals surface area contributed by atoms with Gasteiger partial charge in [0.15, 0.2) is 0 Å². The monoisotopic (exact) mass is 372 g/mol. The van der Waals surface area contributed by atoms with Crippen LogP contribution in [0.4, 0.5) is 0 Å². The second kappa shape index (κ2) is 15.8. The van der Waals surface area contributed by atoms with E-state index < -0.39 is 0 Å². The van der Waals surface area contributed by atoms with Gasteiger partial charge < -0.3 is 24.9 Å². The Morgan fingerprint density at radius 2 is 1.62 bits per heavy atom. The van der Waals surface area contributed by atoms with Crippen LogP contribution >= 0.6 is 0 Å². The van der Waals surface area contributed by atoms with Crippen molar-refractivity contribution < 1.29 is 23.9 Å². The van der Waals surface area contributed by atoms with Crippen LogP contribution in [0.2, 0.25) is 0 Å². The normalized spacial score (nSPS) is 18.3. The van der Waals surface area contributed by atoms with Crippen LogP contribution in [-0.4, -0.2) is 57.1 Å². The van der Waals surface area contributed by atoms with Crippen LogP contribution in [0.1, 0.15) is 53.4 Å². The van der Waals surface area contributed by atoms with E-state index in [-0.39, 0.29) is 23.8 Å². The summed E-state index contributed by atoms with van der Waals surface area (Å²) in [6, 6.07) is 0.143. The Hall–Kier alpha value is -1.47. The number of hydrogen-bond acceptors (Lipinski definition) is 5. The molecule has 0 aromatic heterocycles. The Labute approximate surface area is 157 Å². The van der Waals surface area contributed by atoms with Crippen molar-refractivity contribution in [3.63, 3.8) is 0 Å². The molecule has 1 fully saturated rings. The molecule has 2 amide bonds. The van der Waals surface area contributed by atoms with Gasteiger partial charge in [0.1, 0.15) is 6.29 Å². The van der Waals surface area contributed by atoms with Gasteiger partial charge in [-0.2, -0.15) is 0 Å². The van der Waals surface area contributed by atoms with Gasteiger partial charge in [0.05, 0.1) is 26.4 Å². The van der Waals surface area contributed by atoms with Gasteiger partial charge in [-0.15, -0.1) is 0 Å². The third-order valence-electron chi connectivity index (χ3n) is 3.47. The first kappa shape index (κ1) is 24.5. The van der Waals surface area contributed by atoms with Crippen LogP contribution in [0.15, 0.2) is 0 Å². The third-order valence-corrected chi connectivity index (χ3v) is 3.47. The molecule has 7 nitrogen and oxygen atoms in total. The van der Waals surface area contributed by atoms with Crippen molar-refractivity contribution >= 4 is 18.1 Å². The fourth-order valence-corrected chi connectivity index (χ4v) is 2.07. The number of rotatable bonds is 12. The Morgan fingerprint density at radius 3 is 2.15 bits per heavy atom. The highest BCUT2D eigenvalue weighted by Crippen LogP contribution is 2.24. The van der Waals surface area contributed by atoms with Gasteiger partial charge in [-0.1, -0.05) is 27.7 Å². The highest BCUT2D eigenvalue weighted by atomic mass is 16.5. The number of amides is 2. The molecule has 0 saturated heterocycles. The number of nitrogens with one attached hydrogen (secondary N) is 2. The second-order valence-electron chi connectivity index (χ2n) is 7.04. The molecule has 0 heterocycles. The molecular weight excluding hydrogens is 336 g/mol. The van der Waals surface area contributed by atoms with Gasteiger partial charge in [0.2, 0.25) is 11.8 Å². The summed E-state index contributed by atoms with van der Waals surface area (Å²) in [5, 5.41) is 5.57. The molecular formula is C19H36N2O5. The summed E-state index contributed by atoms with van der Waals surface area (Å²) in [6.45, 7) is 10.5. The lowest BCUT2D eigenvalue weighted by atomic mass is 9.81. The van der Waals surface area contributed by atoms with E-state index in [1.54, 1.807) is 6.92 Å². The molecule has 7 heteroatoms. The topological polar surface area (TPSA) is 93.7 Å². The van der Waals surface area contributed by atoms with E-state index in [0.717, 1.165) is 25.0 Å². The van der Waals surface area contributed by atoms with Crippen LogP contribution in [0, 0.1) is 11.8 Å². The molecule has 1 rings (SSSR count). The highest BCUT2D eigenvalue weighted by molar-refractivity contribution is 5.76. The molecule has 0 spiro atoms. The van der Waals surface area contributed by atoms with E-state index >= 15 is 0 Å². The molecule has 1 aliphatic rings. The van der Waals surface area contributed by atoms with Crippen molar-refractivity contribution in [1.29, 1.82) is 0 Å². The maximum Gasteiger partial charge on any atom is 0.222 e. The molecule has 2 N–H and O–H groups in total. The lowest BCUT2D eigenvalue weighted by molar-refractivity contribution is -0.125. The zero-order valence-electron chi connectivity index (χ0n) is 16.7. The maximum atomic E-state index is 11.6. The summed E-state index contributed by atoms with van der Waals surface area (Å²) >= 11 is 0. The molecule has 1 saturated carbocycles. The SMILES string of the molecule is CC(C)C.CCC(=O)NCCOCCOCCC(=O)NC1CC(C=O)C1. The molecule has 0 aliphatic heterocycles.